The van der Waals surface area contributed by atoms with Gasteiger partial charge < -0.3 is 15.0 Å². The highest BCUT2D eigenvalue weighted by Crippen LogP contribution is 2.28. The van der Waals surface area contributed by atoms with E-state index in [1.165, 1.54) is 0 Å². The van der Waals surface area contributed by atoms with E-state index in [-0.39, 0.29) is 18.3 Å². The number of hydrogen-bond donors (Lipinski definition) is 1. The molecule has 2 aliphatic rings. The first-order chi connectivity index (χ1) is 9.79. The van der Waals surface area contributed by atoms with Gasteiger partial charge in [-0.3, -0.25) is 4.79 Å². The minimum atomic E-state index is 0. The fourth-order valence-corrected chi connectivity index (χ4v) is 3.41. The summed E-state index contributed by atoms with van der Waals surface area (Å²) in [6, 6.07) is 7.50. The first-order valence-electron chi connectivity index (χ1n) is 7.42. The molecule has 21 heavy (non-hydrogen) atoms. The van der Waals surface area contributed by atoms with E-state index in [2.05, 4.69) is 5.32 Å². The van der Waals surface area contributed by atoms with E-state index >= 15 is 0 Å². The highest BCUT2D eigenvalue weighted by Gasteiger charge is 2.32. The molecule has 0 saturated carbocycles. The van der Waals surface area contributed by atoms with E-state index in [0.717, 1.165) is 50.9 Å². The molecule has 0 unspecified atom stereocenters. The number of fused-ring (bicyclic) bond motifs is 1. The van der Waals surface area contributed by atoms with Gasteiger partial charge >= 0.3 is 0 Å². The van der Waals surface area contributed by atoms with E-state index in [4.69, 9.17) is 4.74 Å². The lowest BCUT2D eigenvalue weighted by atomic mass is 9.92. The van der Waals surface area contributed by atoms with Crippen molar-refractivity contribution >= 4 is 18.3 Å². The molecule has 0 radical (unpaired) electrons. The summed E-state index contributed by atoms with van der Waals surface area (Å²) in [7, 11) is 1.62. The molecule has 2 saturated heterocycles. The van der Waals surface area contributed by atoms with Crippen LogP contribution >= 0.6 is 12.4 Å². The van der Waals surface area contributed by atoms with E-state index in [0.29, 0.717) is 11.3 Å². The van der Waals surface area contributed by atoms with Crippen molar-refractivity contribution in [2.45, 2.75) is 12.8 Å². The molecule has 0 aromatic heterocycles. The maximum atomic E-state index is 12.7. The van der Waals surface area contributed by atoms with Crippen LogP contribution in [0.1, 0.15) is 23.2 Å². The van der Waals surface area contributed by atoms with Gasteiger partial charge in [0, 0.05) is 13.1 Å². The number of likely N-dealkylation sites (tertiary alicyclic amines) is 1. The smallest absolute Gasteiger partial charge is 0.257 e. The van der Waals surface area contributed by atoms with Crippen molar-refractivity contribution in [2.75, 3.05) is 33.3 Å². The number of rotatable bonds is 2. The Bertz CT molecular complexity index is 481. The summed E-state index contributed by atoms with van der Waals surface area (Å²) in [6.07, 6.45) is 2.22. The zero-order valence-corrected chi connectivity index (χ0v) is 13.2. The number of nitrogens with one attached hydrogen (secondary N) is 1. The van der Waals surface area contributed by atoms with Crippen LogP contribution < -0.4 is 10.1 Å². The Morgan fingerprint density at radius 3 is 2.43 bits per heavy atom. The number of amides is 1. The standard InChI is InChI=1S/C16H22N2O2.ClH/c1-20-15-5-3-2-4-14(15)16(19)18-8-6-12-10-17-11-13(12)7-9-18;/h2-5,12-13,17H,6-11H2,1H3;1H/t12-,13+;. The van der Waals surface area contributed by atoms with Crippen LogP contribution in [-0.2, 0) is 0 Å². The molecule has 0 aliphatic carbocycles. The molecule has 116 valence electrons. The van der Waals surface area contributed by atoms with Crippen LogP contribution in [0.2, 0.25) is 0 Å². The number of nitrogens with zero attached hydrogens (tertiary/aromatic N) is 1. The largest absolute Gasteiger partial charge is 0.496 e. The van der Waals surface area contributed by atoms with Crippen molar-refractivity contribution in [3.05, 3.63) is 29.8 Å². The first-order valence-corrected chi connectivity index (χ1v) is 7.42. The average Bonchev–Trinajstić information content (AvgIpc) is 2.85. The van der Waals surface area contributed by atoms with Crippen LogP contribution in [-0.4, -0.2) is 44.1 Å². The number of benzene rings is 1. The molecule has 2 atom stereocenters. The lowest BCUT2D eigenvalue weighted by molar-refractivity contribution is 0.0755. The second-order valence-electron chi connectivity index (χ2n) is 5.75. The molecule has 4 nitrogen and oxygen atoms in total. The third kappa shape index (κ3) is 3.33. The summed E-state index contributed by atoms with van der Waals surface area (Å²) in [5.41, 5.74) is 0.681. The molecule has 1 N–H and O–H groups in total. The van der Waals surface area contributed by atoms with Gasteiger partial charge in [-0.25, -0.2) is 0 Å². The van der Waals surface area contributed by atoms with Crippen LogP contribution in [0.15, 0.2) is 24.3 Å². The number of para-hydroxylation sites is 1. The molecule has 1 amide bonds. The molecule has 2 fully saturated rings. The summed E-state index contributed by atoms with van der Waals surface area (Å²) >= 11 is 0. The number of hydrogen-bond acceptors (Lipinski definition) is 3. The van der Waals surface area contributed by atoms with E-state index in [1.807, 2.05) is 29.2 Å². The quantitative estimate of drug-likeness (QED) is 0.910. The Kier molecular flexibility index (Phi) is 5.48. The summed E-state index contributed by atoms with van der Waals surface area (Å²) < 4.78 is 5.31. The van der Waals surface area contributed by atoms with Crippen LogP contribution in [0.3, 0.4) is 0 Å². The van der Waals surface area contributed by atoms with Gasteiger partial charge in [-0.15, -0.1) is 12.4 Å². The fourth-order valence-electron chi connectivity index (χ4n) is 3.41. The Morgan fingerprint density at radius 1 is 1.19 bits per heavy atom. The predicted octanol–water partition coefficient (Wildman–Crippen LogP) is 2.19. The van der Waals surface area contributed by atoms with Crippen molar-refractivity contribution in [3.8, 4) is 5.75 Å². The number of methoxy groups -OCH3 is 1. The van der Waals surface area contributed by atoms with Gasteiger partial charge in [-0.05, 0) is 49.9 Å². The van der Waals surface area contributed by atoms with Crippen LogP contribution in [0.25, 0.3) is 0 Å². The van der Waals surface area contributed by atoms with Crippen LogP contribution in [0.5, 0.6) is 5.75 Å². The van der Waals surface area contributed by atoms with Crippen molar-refractivity contribution < 1.29 is 9.53 Å². The molecule has 2 aliphatic heterocycles. The second-order valence-corrected chi connectivity index (χ2v) is 5.75. The minimum absolute atomic E-state index is 0. The van der Waals surface area contributed by atoms with Crippen molar-refractivity contribution in [1.82, 2.24) is 10.2 Å². The summed E-state index contributed by atoms with van der Waals surface area (Å²) in [6.45, 7) is 3.95. The van der Waals surface area contributed by atoms with Gasteiger partial charge in [0.05, 0.1) is 12.7 Å². The number of carbonyl (C=O) groups is 1. The molecule has 5 heteroatoms. The Morgan fingerprint density at radius 2 is 1.81 bits per heavy atom. The Hall–Kier alpha value is -1.26. The second kappa shape index (κ2) is 7.14. The van der Waals surface area contributed by atoms with Crippen LogP contribution in [0, 0.1) is 11.8 Å². The monoisotopic (exact) mass is 310 g/mol. The SMILES string of the molecule is COc1ccccc1C(=O)N1CC[C@@H]2CNC[C@@H]2CC1.Cl. The van der Waals surface area contributed by atoms with Gasteiger partial charge in [-0.1, -0.05) is 12.1 Å². The highest BCUT2D eigenvalue weighted by molar-refractivity contribution is 5.97. The van der Waals surface area contributed by atoms with Gasteiger partial charge in [0.1, 0.15) is 5.75 Å². The normalized spacial score (nSPS) is 24.7. The number of halogens is 1. The fraction of sp³-hybridized carbons (Fsp3) is 0.562. The molecular formula is C16H23ClN2O2. The molecule has 3 rings (SSSR count). The Balaban J connectivity index is 0.00000161. The van der Waals surface area contributed by atoms with E-state index in [1.54, 1.807) is 7.11 Å². The maximum absolute atomic E-state index is 12.7. The predicted molar refractivity (Wildman–Crippen MR) is 85.2 cm³/mol. The number of ether oxygens (including phenoxy) is 1. The zero-order chi connectivity index (χ0) is 13.9. The van der Waals surface area contributed by atoms with E-state index in [9.17, 15) is 4.79 Å². The molecule has 2 heterocycles. The minimum Gasteiger partial charge on any atom is -0.496 e. The molecular weight excluding hydrogens is 288 g/mol. The lowest BCUT2D eigenvalue weighted by Gasteiger charge is -2.22. The summed E-state index contributed by atoms with van der Waals surface area (Å²) in [5, 5.41) is 3.46. The van der Waals surface area contributed by atoms with E-state index < -0.39 is 0 Å². The molecule has 0 spiro atoms. The van der Waals surface area contributed by atoms with Crippen molar-refractivity contribution in [3.63, 3.8) is 0 Å². The van der Waals surface area contributed by atoms with Gasteiger partial charge in [0.15, 0.2) is 0 Å². The Labute approximate surface area is 132 Å². The van der Waals surface area contributed by atoms with Crippen molar-refractivity contribution in [2.24, 2.45) is 11.8 Å². The average molecular weight is 311 g/mol. The van der Waals surface area contributed by atoms with Crippen molar-refractivity contribution in [1.29, 1.82) is 0 Å². The summed E-state index contributed by atoms with van der Waals surface area (Å²) in [5.74, 6) is 2.26. The van der Waals surface area contributed by atoms with Gasteiger partial charge in [0.25, 0.3) is 5.91 Å². The number of carbonyl (C=O) groups excluding carboxylic acids is 1. The topological polar surface area (TPSA) is 41.6 Å². The third-order valence-electron chi connectivity index (χ3n) is 4.64. The summed E-state index contributed by atoms with van der Waals surface area (Å²) in [4.78, 5) is 14.7. The van der Waals surface area contributed by atoms with Crippen LogP contribution in [0.4, 0.5) is 0 Å². The van der Waals surface area contributed by atoms with Gasteiger partial charge in [0.2, 0.25) is 0 Å². The zero-order valence-electron chi connectivity index (χ0n) is 12.4. The molecule has 0 bridgehead atoms. The third-order valence-corrected chi connectivity index (χ3v) is 4.64. The highest BCUT2D eigenvalue weighted by atomic mass is 35.5. The lowest BCUT2D eigenvalue weighted by Crippen LogP contribution is -2.33. The van der Waals surface area contributed by atoms with Gasteiger partial charge in [-0.2, -0.15) is 0 Å². The molecule has 1 aromatic rings. The molecule has 1 aromatic carbocycles. The first kappa shape index (κ1) is 16.1. The maximum Gasteiger partial charge on any atom is 0.257 e.